The van der Waals surface area contributed by atoms with Gasteiger partial charge in [0.15, 0.2) is 0 Å². The van der Waals surface area contributed by atoms with Gasteiger partial charge in [0.1, 0.15) is 12.4 Å². The Balaban J connectivity index is 0.000000612. The summed E-state index contributed by atoms with van der Waals surface area (Å²) < 4.78 is 11.4. The number of aliphatic carboxylic acids is 2. The van der Waals surface area contributed by atoms with Crippen LogP contribution in [0.1, 0.15) is 26.3 Å². The first-order valence-corrected chi connectivity index (χ1v) is 9.78. The minimum atomic E-state index is -1.82. The highest BCUT2D eigenvalue weighted by molar-refractivity contribution is 6.27. The van der Waals surface area contributed by atoms with Crippen LogP contribution in [0, 0.1) is 0 Å². The number of carbonyl (C=O) groups is 2. The minimum absolute atomic E-state index is 0.185. The molecule has 1 saturated heterocycles. The second kappa shape index (κ2) is 12.4. The molecule has 1 heterocycles. The molecule has 164 valence electrons. The van der Waals surface area contributed by atoms with E-state index in [2.05, 4.69) is 49.8 Å². The Labute approximate surface area is 173 Å². The molecule has 0 bridgehead atoms. The van der Waals surface area contributed by atoms with Gasteiger partial charge in [-0.3, -0.25) is 4.90 Å². The molecule has 29 heavy (non-hydrogen) atoms. The molecule has 2 N–H and O–H groups in total. The predicted octanol–water partition coefficient (Wildman–Crippen LogP) is 1.78. The van der Waals surface area contributed by atoms with Crippen molar-refractivity contribution < 1.29 is 29.3 Å². The summed E-state index contributed by atoms with van der Waals surface area (Å²) in [5, 5.41) is 14.8. The van der Waals surface area contributed by atoms with Gasteiger partial charge < -0.3 is 24.6 Å². The summed E-state index contributed by atoms with van der Waals surface area (Å²) in [7, 11) is 2.18. The lowest BCUT2D eigenvalue weighted by Crippen LogP contribution is -2.45. The number of ether oxygens (including phenoxy) is 2. The van der Waals surface area contributed by atoms with Gasteiger partial charge in [-0.2, -0.15) is 0 Å². The first-order chi connectivity index (χ1) is 13.6. The summed E-state index contributed by atoms with van der Waals surface area (Å²) in [5.74, 6) is -2.73. The Morgan fingerprint density at radius 1 is 0.931 bits per heavy atom. The molecule has 1 aliphatic rings. The topological polar surface area (TPSA) is 99.5 Å². The maximum atomic E-state index is 9.10. The number of nitrogens with zero attached hydrogens (tertiary/aromatic N) is 2. The number of carboxylic acid groups (broad SMARTS) is 2. The summed E-state index contributed by atoms with van der Waals surface area (Å²) in [4.78, 5) is 23.0. The van der Waals surface area contributed by atoms with Crippen LogP contribution in [0.25, 0.3) is 0 Å². The summed E-state index contributed by atoms with van der Waals surface area (Å²) in [6.07, 6.45) is 0. The molecule has 0 radical (unpaired) electrons. The fourth-order valence-corrected chi connectivity index (χ4v) is 2.64. The molecule has 0 atom stereocenters. The summed E-state index contributed by atoms with van der Waals surface area (Å²) in [6, 6.07) is 8.38. The van der Waals surface area contributed by atoms with Crippen molar-refractivity contribution in [3.63, 3.8) is 0 Å². The molecule has 2 rings (SSSR count). The van der Waals surface area contributed by atoms with Crippen molar-refractivity contribution >= 4 is 11.9 Å². The van der Waals surface area contributed by atoms with Gasteiger partial charge >= 0.3 is 11.9 Å². The van der Waals surface area contributed by atoms with Crippen LogP contribution in [-0.2, 0) is 19.7 Å². The zero-order valence-electron chi connectivity index (χ0n) is 17.9. The number of hydrogen-bond donors (Lipinski definition) is 2. The average molecular weight is 411 g/mol. The second-order valence-electron chi connectivity index (χ2n) is 7.99. The van der Waals surface area contributed by atoms with Gasteiger partial charge in [0.2, 0.25) is 0 Å². The van der Waals surface area contributed by atoms with Crippen molar-refractivity contribution in [3.05, 3.63) is 29.8 Å². The first kappa shape index (κ1) is 24.9. The summed E-state index contributed by atoms with van der Waals surface area (Å²) in [6.45, 7) is 14.3. The number of likely N-dealkylation sites (N-methyl/N-ethyl adjacent to an activating group) is 1. The van der Waals surface area contributed by atoms with Gasteiger partial charge in [-0.05, 0) is 30.2 Å². The highest BCUT2D eigenvalue weighted by atomic mass is 16.5. The quantitative estimate of drug-likeness (QED) is 0.518. The Morgan fingerprint density at radius 2 is 1.48 bits per heavy atom. The molecule has 0 saturated carbocycles. The Hall–Kier alpha value is -2.16. The third kappa shape index (κ3) is 10.8. The van der Waals surface area contributed by atoms with E-state index in [0.717, 1.165) is 45.1 Å². The van der Waals surface area contributed by atoms with Gasteiger partial charge in [0, 0.05) is 32.7 Å². The number of rotatable bonds is 7. The van der Waals surface area contributed by atoms with E-state index >= 15 is 0 Å². The van der Waals surface area contributed by atoms with E-state index in [-0.39, 0.29) is 5.41 Å². The van der Waals surface area contributed by atoms with Crippen molar-refractivity contribution in [2.45, 2.75) is 26.2 Å². The normalized spacial score (nSPS) is 15.3. The van der Waals surface area contributed by atoms with Crippen molar-refractivity contribution in [1.82, 2.24) is 9.80 Å². The summed E-state index contributed by atoms with van der Waals surface area (Å²) >= 11 is 0. The molecule has 0 spiro atoms. The molecule has 1 fully saturated rings. The van der Waals surface area contributed by atoms with Crippen LogP contribution in [0.4, 0.5) is 0 Å². The van der Waals surface area contributed by atoms with E-state index < -0.39 is 11.9 Å². The number of carboxylic acids is 2. The minimum Gasteiger partial charge on any atom is -0.491 e. The lowest BCUT2D eigenvalue weighted by Gasteiger charge is -2.32. The predicted molar refractivity (Wildman–Crippen MR) is 111 cm³/mol. The molecule has 8 heteroatoms. The zero-order chi connectivity index (χ0) is 21.9. The van der Waals surface area contributed by atoms with Crippen molar-refractivity contribution in [2.75, 3.05) is 59.6 Å². The van der Waals surface area contributed by atoms with Gasteiger partial charge in [-0.25, -0.2) is 9.59 Å². The second-order valence-corrected chi connectivity index (χ2v) is 7.99. The maximum absolute atomic E-state index is 9.10. The molecule has 1 aliphatic heterocycles. The highest BCUT2D eigenvalue weighted by Gasteiger charge is 2.13. The SMILES string of the molecule is CN1CCN(CCOCCOc2ccc(C(C)(C)C)cc2)CC1.O=C(O)C(=O)O. The molecule has 8 nitrogen and oxygen atoms in total. The largest absolute Gasteiger partial charge is 0.491 e. The van der Waals surface area contributed by atoms with E-state index in [1.165, 1.54) is 5.56 Å². The third-order valence-corrected chi connectivity index (χ3v) is 4.55. The maximum Gasteiger partial charge on any atom is 0.414 e. The molecular weight excluding hydrogens is 376 g/mol. The monoisotopic (exact) mass is 410 g/mol. The fourth-order valence-electron chi connectivity index (χ4n) is 2.64. The smallest absolute Gasteiger partial charge is 0.414 e. The van der Waals surface area contributed by atoms with Crippen LogP contribution in [-0.4, -0.2) is 91.5 Å². The van der Waals surface area contributed by atoms with Gasteiger partial charge in [-0.15, -0.1) is 0 Å². The first-order valence-electron chi connectivity index (χ1n) is 9.78. The van der Waals surface area contributed by atoms with Crippen molar-refractivity contribution in [2.24, 2.45) is 0 Å². The number of hydrogen-bond acceptors (Lipinski definition) is 6. The van der Waals surface area contributed by atoms with Gasteiger partial charge in [0.25, 0.3) is 0 Å². The van der Waals surface area contributed by atoms with Crippen LogP contribution >= 0.6 is 0 Å². The molecular formula is C21H34N2O6. The average Bonchev–Trinajstić information content (AvgIpc) is 2.66. The standard InChI is InChI=1S/C19H32N2O2.C2H2O4/c1-19(2,3)17-5-7-18(8-6-17)23-16-15-22-14-13-21-11-9-20(4)10-12-21;3-1(4)2(5)6/h5-8H,9-16H2,1-4H3;(H,3,4)(H,5,6). The van der Waals surface area contributed by atoms with E-state index in [1.807, 2.05) is 12.1 Å². The van der Waals surface area contributed by atoms with Crippen molar-refractivity contribution in [1.29, 1.82) is 0 Å². The molecule has 0 aromatic heterocycles. The Kier molecular flexibility index (Phi) is 10.6. The zero-order valence-corrected chi connectivity index (χ0v) is 17.9. The molecule has 0 unspecified atom stereocenters. The highest BCUT2D eigenvalue weighted by Crippen LogP contribution is 2.24. The lowest BCUT2D eigenvalue weighted by atomic mass is 9.87. The van der Waals surface area contributed by atoms with Crippen molar-refractivity contribution in [3.8, 4) is 5.75 Å². The van der Waals surface area contributed by atoms with E-state index in [9.17, 15) is 0 Å². The van der Waals surface area contributed by atoms with Crippen LogP contribution in [0.5, 0.6) is 5.75 Å². The number of benzene rings is 1. The lowest BCUT2D eigenvalue weighted by molar-refractivity contribution is -0.159. The summed E-state index contributed by atoms with van der Waals surface area (Å²) in [5.41, 5.74) is 1.51. The van der Waals surface area contributed by atoms with Crippen LogP contribution < -0.4 is 4.74 Å². The van der Waals surface area contributed by atoms with Crippen LogP contribution in [0.3, 0.4) is 0 Å². The van der Waals surface area contributed by atoms with Gasteiger partial charge in [0.05, 0.1) is 13.2 Å². The van der Waals surface area contributed by atoms with Crippen LogP contribution in [0.2, 0.25) is 0 Å². The van der Waals surface area contributed by atoms with E-state index in [0.29, 0.717) is 13.2 Å². The fraction of sp³-hybridized carbons (Fsp3) is 0.619. The molecule has 1 aromatic rings. The Morgan fingerprint density at radius 3 is 1.97 bits per heavy atom. The van der Waals surface area contributed by atoms with Gasteiger partial charge in [-0.1, -0.05) is 32.9 Å². The van der Waals surface area contributed by atoms with Crippen LogP contribution in [0.15, 0.2) is 24.3 Å². The third-order valence-electron chi connectivity index (χ3n) is 4.55. The Bertz CT molecular complexity index is 607. The number of piperazine rings is 1. The molecule has 1 aromatic carbocycles. The molecule has 0 amide bonds. The van der Waals surface area contributed by atoms with E-state index in [1.54, 1.807) is 0 Å². The van der Waals surface area contributed by atoms with E-state index in [4.69, 9.17) is 29.3 Å². The molecule has 0 aliphatic carbocycles.